The average molecular weight is 388 g/mol. The number of carbonyl (C=O) groups excluding carboxylic acids is 2. The third kappa shape index (κ3) is 2.99. The molecule has 2 fully saturated rings. The molecule has 3 rings (SSSR count). The second-order valence-corrected chi connectivity index (χ2v) is 8.50. The third-order valence-electron chi connectivity index (χ3n) is 6.75. The molecule has 0 aromatic heterocycles. The maximum Gasteiger partial charge on any atom is 0.331 e. The molecule has 0 aromatic rings. The Balaban J connectivity index is 2.07. The Morgan fingerprint density at radius 1 is 1.32 bits per heavy atom. The quantitative estimate of drug-likeness (QED) is 0.342. The van der Waals surface area contributed by atoms with E-state index in [-0.39, 0.29) is 17.5 Å². The molecule has 1 aliphatic heterocycles. The fraction of sp³-hybridized carbons (Fsp3) is 0.591. The molecule has 1 saturated heterocycles. The molecule has 2 aliphatic carbocycles. The van der Waals surface area contributed by atoms with Gasteiger partial charge in [0.15, 0.2) is 0 Å². The largest absolute Gasteiger partial charge is 0.478 e. The highest BCUT2D eigenvalue weighted by Gasteiger charge is 2.74. The zero-order chi connectivity index (χ0) is 20.7. The van der Waals surface area contributed by atoms with E-state index in [9.17, 15) is 14.4 Å². The minimum Gasteiger partial charge on any atom is -0.478 e. The molecule has 2 bridgehead atoms. The van der Waals surface area contributed by atoms with Crippen molar-refractivity contribution in [1.82, 2.24) is 0 Å². The molecular formula is C22H28O6. The summed E-state index contributed by atoms with van der Waals surface area (Å²) in [5.41, 5.74) is -1.35. The molecule has 3 aliphatic rings. The number of carbonyl (C=O) groups is 3. The van der Waals surface area contributed by atoms with Gasteiger partial charge in [-0.1, -0.05) is 23.8 Å². The summed E-state index contributed by atoms with van der Waals surface area (Å²) in [4.78, 5) is 36.4. The maximum absolute atomic E-state index is 13.3. The first-order valence-corrected chi connectivity index (χ1v) is 9.74. The molecule has 0 aromatic carbocycles. The maximum atomic E-state index is 13.3. The lowest BCUT2D eigenvalue weighted by atomic mass is 9.62. The first-order valence-electron chi connectivity index (χ1n) is 9.74. The summed E-state index contributed by atoms with van der Waals surface area (Å²) < 4.78 is 11.9. The van der Waals surface area contributed by atoms with Gasteiger partial charge in [0, 0.05) is 18.4 Å². The van der Waals surface area contributed by atoms with Crippen LogP contribution in [0.1, 0.15) is 59.8 Å². The number of carboxylic acid groups (broad SMARTS) is 1. The van der Waals surface area contributed by atoms with Gasteiger partial charge in [0.05, 0.1) is 0 Å². The van der Waals surface area contributed by atoms with E-state index >= 15 is 0 Å². The van der Waals surface area contributed by atoms with Gasteiger partial charge in [-0.2, -0.15) is 0 Å². The molecule has 4 atom stereocenters. The minimum absolute atomic E-state index is 0.185. The van der Waals surface area contributed by atoms with Crippen LogP contribution in [-0.2, 0) is 23.9 Å². The van der Waals surface area contributed by atoms with Crippen molar-refractivity contribution in [1.29, 1.82) is 0 Å². The van der Waals surface area contributed by atoms with Gasteiger partial charge in [0.2, 0.25) is 0 Å². The summed E-state index contributed by atoms with van der Waals surface area (Å²) in [6.07, 6.45) is 10.1. The van der Waals surface area contributed by atoms with Crippen molar-refractivity contribution in [3.8, 4) is 0 Å². The first kappa shape index (κ1) is 20.4. The molecule has 152 valence electrons. The van der Waals surface area contributed by atoms with E-state index in [1.807, 2.05) is 13.8 Å². The Kier molecular flexibility index (Phi) is 5.02. The Morgan fingerprint density at radius 2 is 2.04 bits per heavy atom. The second kappa shape index (κ2) is 6.90. The van der Waals surface area contributed by atoms with Crippen LogP contribution in [0.15, 0.2) is 35.5 Å². The van der Waals surface area contributed by atoms with Crippen molar-refractivity contribution in [2.24, 2.45) is 11.3 Å². The van der Waals surface area contributed by atoms with Crippen LogP contribution < -0.4 is 0 Å². The van der Waals surface area contributed by atoms with Crippen molar-refractivity contribution in [3.63, 3.8) is 0 Å². The number of ether oxygens (including phenoxy) is 2. The van der Waals surface area contributed by atoms with Crippen LogP contribution in [0.5, 0.6) is 0 Å². The van der Waals surface area contributed by atoms with Gasteiger partial charge < -0.3 is 14.6 Å². The lowest BCUT2D eigenvalue weighted by Gasteiger charge is -2.54. The fourth-order valence-electron chi connectivity index (χ4n) is 5.25. The third-order valence-corrected chi connectivity index (χ3v) is 6.75. The summed E-state index contributed by atoms with van der Waals surface area (Å²) in [5, 5.41) is 9.03. The molecular weight excluding hydrogens is 360 g/mol. The second-order valence-electron chi connectivity index (χ2n) is 8.50. The monoisotopic (exact) mass is 388 g/mol. The number of allylic oxidation sites excluding steroid dienone is 4. The first-order chi connectivity index (χ1) is 13.1. The SMILES string of the molecule is CC(=O)O[C@@]12CCC(C)=CC[C@]13CCC2[C@](C)(C=CC=C(C)C(=O)O)OC3=O. The predicted molar refractivity (Wildman–Crippen MR) is 102 cm³/mol. The summed E-state index contributed by atoms with van der Waals surface area (Å²) in [5.74, 6) is -1.91. The number of carboxylic acids is 1. The van der Waals surface area contributed by atoms with E-state index < -0.39 is 28.6 Å². The molecule has 1 saturated carbocycles. The molecule has 0 spiro atoms. The van der Waals surface area contributed by atoms with E-state index in [0.29, 0.717) is 25.7 Å². The van der Waals surface area contributed by atoms with Crippen LogP contribution in [0.3, 0.4) is 0 Å². The molecule has 1 unspecified atom stereocenters. The fourth-order valence-corrected chi connectivity index (χ4v) is 5.25. The van der Waals surface area contributed by atoms with Gasteiger partial charge in [-0.15, -0.1) is 0 Å². The van der Waals surface area contributed by atoms with E-state index in [2.05, 4.69) is 6.08 Å². The lowest BCUT2D eigenvalue weighted by molar-refractivity contribution is -0.235. The number of rotatable bonds is 4. The highest BCUT2D eigenvalue weighted by molar-refractivity contribution is 5.86. The van der Waals surface area contributed by atoms with Crippen LogP contribution in [0.25, 0.3) is 0 Å². The van der Waals surface area contributed by atoms with E-state index in [1.165, 1.54) is 25.5 Å². The standard InChI is InChI=1S/C22H28O6/c1-14-7-11-21-12-9-17(22(21,13-8-14)27-16(3)23)20(4,28-19(21)26)10-5-6-15(2)18(24)25/h5-7,10,17H,8-9,11-13H2,1-4H3,(H,24,25)/t17?,20-,21+,22+/m0/s1. The smallest absolute Gasteiger partial charge is 0.331 e. The van der Waals surface area contributed by atoms with Crippen LogP contribution >= 0.6 is 0 Å². The van der Waals surface area contributed by atoms with Crippen molar-refractivity contribution in [2.75, 3.05) is 0 Å². The highest BCUT2D eigenvalue weighted by Crippen LogP contribution is 2.65. The topological polar surface area (TPSA) is 89.9 Å². The Hall–Kier alpha value is -2.37. The molecule has 1 N–H and O–H groups in total. The van der Waals surface area contributed by atoms with Crippen molar-refractivity contribution >= 4 is 17.9 Å². The number of cyclic esters (lactones) is 1. The Morgan fingerprint density at radius 3 is 2.68 bits per heavy atom. The number of esters is 2. The molecule has 1 heterocycles. The molecule has 0 radical (unpaired) electrons. The Bertz CT molecular complexity index is 806. The number of aliphatic carboxylic acids is 1. The molecule has 28 heavy (non-hydrogen) atoms. The summed E-state index contributed by atoms with van der Waals surface area (Å²) >= 11 is 0. The molecule has 6 nitrogen and oxygen atoms in total. The van der Waals surface area contributed by atoms with E-state index in [1.54, 1.807) is 12.2 Å². The van der Waals surface area contributed by atoms with Gasteiger partial charge in [-0.3, -0.25) is 9.59 Å². The van der Waals surface area contributed by atoms with Crippen LogP contribution in [0.4, 0.5) is 0 Å². The van der Waals surface area contributed by atoms with Crippen LogP contribution in [-0.4, -0.2) is 34.2 Å². The summed E-state index contributed by atoms with van der Waals surface area (Å²) in [6.45, 7) is 6.75. The number of hydrogen-bond acceptors (Lipinski definition) is 5. The van der Waals surface area contributed by atoms with Crippen LogP contribution in [0, 0.1) is 11.3 Å². The highest BCUT2D eigenvalue weighted by atomic mass is 16.6. The normalized spacial score (nSPS) is 37.7. The van der Waals surface area contributed by atoms with Gasteiger partial charge in [0.25, 0.3) is 0 Å². The van der Waals surface area contributed by atoms with Gasteiger partial charge in [0.1, 0.15) is 16.6 Å². The van der Waals surface area contributed by atoms with Gasteiger partial charge >= 0.3 is 17.9 Å². The van der Waals surface area contributed by atoms with Gasteiger partial charge in [-0.25, -0.2) is 4.79 Å². The zero-order valence-corrected chi connectivity index (χ0v) is 16.9. The van der Waals surface area contributed by atoms with Crippen molar-refractivity contribution in [3.05, 3.63) is 35.5 Å². The van der Waals surface area contributed by atoms with Crippen LogP contribution in [0.2, 0.25) is 0 Å². The molecule has 0 amide bonds. The summed E-state index contributed by atoms with van der Waals surface area (Å²) in [6, 6.07) is 0. The number of hydrogen-bond donors (Lipinski definition) is 1. The summed E-state index contributed by atoms with van der Waals surface area (Å²) in [7, 11) is 0. The molecule has 6 heteroatoms. The zero-order valence-electron chi connectivity index (χ0n) is 16.9. The van der Waals surface area contributed by atoms with E-state index in [0.717, 1.165) is 6.42 Å². The van der Waals surface area contributed by atoms with Crippen molar-refractivity contribution < 1.29 is 29.0 Å². The Labute approximate surface area is 165 Å². The average Bonchev–Trinajstić information content (AvgIpc) is 2.77. The lowest BCUT2D eigenvalue weighted by Crippen LogP contribution is -2.65. The van der Waals surface area contributed by atoms with Gasteiger partial charge in [-0.05, 0) is 59.0 Å². The van der Waals surface area contributed by atoms with Crippen molar-refractivity contribution in [2.45, 2.75) is 71.0 Å². The minimum atomic E-state index is -1.00. The van der Waals surface area contributed by atoms with E-state index in [4.69, 9.17) is 14.6 Å². The predicted octanol–water partition coefficient (Wildman–Crippen LogP) is 3.72.